The monoisotopic (exact) mass is 489 g/mol. The van der Waals surface area contributed by atoms with Gasteiger partial charge in [0.15, 0.2) is 0 Å². The van der Waals surface area contributed by atoms with E-state index < -0.39 is 33.7 Å². The summed E-state index contributed by atoms with van der Waals surface area (Å²) in [5.74, 6) is -1.98. The lowest BCUT2D eigenvalue weighted by Gasteiger charge is -2.30. The van der Waals surface area contributed by atoms with Gasteiger partial charge in [0.2, 0.25) is 11.8 Å². The molecule has 0 radical (unpaired) electrons. The largest absolute Gasteiger partial charge is 0.352 e. The molecule has 1 aliphatic heterocycles. The Morgan fingerprint density at radius 1 is 1.09 bits per heavy atom. The fourth-order valence-electron chi connectivity index (χ4n) is 3.63. The van der Waals surface area contributed by atoms with Gasteiger partial charge in [0.1, 0.15) is 16.8 Å². The number of rotatable bonds is 9. The number of fused-ring (bicyclic) bond motifs is 1. The molecule has 0 saturated carbocycles. The Morgan fingerprint density at radius 3 is 2.35 bits per heavy atom. The maximum absolute atomic E-state index is 13.3. The van der Waals surface area contributed by atoms with Gasteiger partial charge in [-0.1, -0.05) is 31.2 Å². The van der Waals surface area contributed by atoms with Gasteiger partial charge in [0.25, 0.3) is 15.9 Å². The van der Waals surface area contributed by atoms with E-state index in [0.717, 1.165) is 0 Å². The number of sulfonamides is 1. The minimum absolute atomic E-state index is 0.0229. The van der Waals surface area contributed by atoms with Gasteiger partial charge in [-0.2, -0.15) is 0 Å². The Morgan fingerprint density at radius 2 is 1.74 bits per heavy atom. The molecule has 8 nitrogen and oxygen atoms in total. The highest BCUT2D eigenvalue weighted by molar-refractivity contribution is 7.90. The lowest BCUT2D eigenvalue weighted by molar-refractivity contribution is -0.140. The normalized spacial score (nSPS) is 16.0. The van der Waals surface area contributed by atoms with Crippen LogP contribution in [-0.4, -0.2) is 54.0 Å². The number of carbonyl (C=O) groups excluding carboxylic acids is 3. The number of hydrogen-bond donors (Lipinski definition) is 1. The van der Waals surface area contributed by atoms with Gasteiger partial charge in [-0.25, -0.2) is 17.1 Å². The maximum Gasteiger partial charge on any atom is 0.269 e. The molecule has 1 heterocycles. The minimum Gasteiger partial charge on any atom is -0.352 e. The molecule has 2 unspecified atom stereocenters. The lowest BCUT2D eigenvalue weighted by Crippen LogP contribution is -2.50. The van der Waals surface area contributed by atoms with Gasteiger partial charge in [-0.05, 0) is 50.1 Å². The van der Waals surface area contributed by atoms with Crippen LogP contribution in [0.4, 0.5) is 4.39 Å². The highest BCUT2D eigenvalue weighted by Crippen LogP contribution is 2.30. The van der Waals surface area contributed by atoms with Crippen LogP contribution in [0, 0.1) is 5.82 Å². The van der Waals surface area contributed by atoms with Crippen molar-refractivity contribution in [3.8, 4) is 0 Å². The second-order valence-corrected chi connectivity index (χ2v) is 10.1. The summed E-state index contributed by atoms with van der Waals surface area (Å²) in [5.41, 5.74) is 0.676. The lowest BCUT2D eigenvalue weighted by atomic mass is 10.1. The van der Waals surface area contributed by atoms with Crippen LogP contribution in [0.15, 0.2) is 53.4 Å². The second kappa shape index (κ2) is 10.3. The Balaban J connectivity index is 1.79. The molecule has 3 rings (SSSR count). The Hall–Kier alpha value is -3.27. The molecule has 0 saturated heterocycles. The number of amides is 3. The van der Waals surface area contributed by atoms with E-state index in [1.165, 1.54) is 47.4 Å². The number of carbonyl (C=O) groups is 3. The standard InChI is InChI=1S/C24H28FN3O5S/c1-4-16(2)26-23(30)17(3)27(15-18-9-11-19(25)12-10-18)22(29)13-14-28-24(31)20-7-5-6-8-21(20)34(28,32)33/h5-12,16-17H,4,13-15H2,1-3H3,(H,26,30). The number of nitrogens with one attached hydrogen (secondary N) is 1. The third-order valence-corrected chi connectivity index (χ3v) is 7.72. The van der Waals surface area contributed by atoms with E-state index in [1.54, 1.807) is 13.0 Å². The van der Waals surface area contributed by atoms with Gasteiger partial charge < -0.3 is 10.2 Å². The van der Waals surface area contributed by atoms with Crippen LogP contribution in [0.1, 0.15) is 49.5 Å². The smallest absolute Gasteiger partial charge is 0.269 e. The molecule has 3 amide bonds. The third-order valence-electron chi connectivity index (χ3n) is 5.88. The molecular formula is C24H28FN3O5S. The topological polar surface area (TPSA) is 104 Å². The zero-order valence-corrected chi connectivity index (χ0v) is 20.1. The van der Waals surface area contributed by atoms with Crippen LogP contribution in [0.2, 0.25) is 0 Å². The molecule has 1 aliphatic rings. The average molecular weight is 490 g/mol. The van der Waals surface area contributed by atoms with Crippen molar-refractivity contribution in [2.75, 3.05) is 6.54 Å². The van der Waals surface area contributed by atoms with E-state index in [1.807, 2.05) is 13.8 Å². The fourth-order valence-corrected chi connectivity index (χ4v) is 5.20. The molecule has 0 aliphatic carbocycles. The summed E-state index contributed by atoms with van der Waals surface area (Å²) in [6.07, 6.45) is 0.404. The zero-order chi connectivity index (χ0) is 25.0. The molecule has 0 fully saturated rings. The first-order valence-electron chi connectivity index (χ1n) is 11.1. The van der Waals surface area contributed by atoms with Crippen LogP contribution in [0.3, 0.4) is 0 Å². The minimum atomic E-state index is -4.04. The second-order valence-electron chi connectivity index (χ2n) is 8.27. The molecule has 10 heteroatoms. The van der Waals surface area contributed by atoms with Crippen molar-refractivity contribution < 1.29 is 27.2 Å². The van der Waals surface area contributed by atoms with Crippen LogP contribution < -0.4 is 5.32 Å². The number of nitrogens with zero attached hydrogens (tertiary/aromatic N) is 2. The van der Waals surface area contributed by atoms with E-state index in [-0.39, 0.29) is 41.9 Å². The molecule has 2 atom stereocenters. The van der Waals surface area contributed by atoms with Crippen LogP contribution >= 0.6 is 0 Å². The zero-order valence-electron chi connectivity index (χ0n) is 19.3. The van der Waals surface area contributed by atoms with E-state index in [2.05, 4.69) is 5.32 Å². The summed E-state index contributed by atoms with van der Waals surface area (Å²) in [4.78, 5) is 39.8. The Bertz CT molecular complexity index is 1180. The van der Waals surface area contributed by atoms with Gasteiger partial charge >= 0.3 is 0 Å². The summed E-state index contributed by atoms with van der Waals surface area (Å²) in [6, 6.07) is 10.5. The van der Waals surface area contributed by atoms with Gasteiger partial charge in [0, 0.05) is 25.6 Å². The average Bonchev–Trinajstić information content (AvgIpc) is 3.01. The van der Waals surface area contributed by atoms with E-state index in [4.69, 9.17) is 0 Å². The number of benzene rings is 2. The van der Waals surface area contributed by atoms with Crippen molar-refractivity contribution in [1.82, 2.24) is 14.5 Å². The Labute approximate surface area is 198 Å². The number of halogens is 1. The summed E-state index contributed by atoms with van der Waals surface area (Å²) in [7, 11) is -4.04. The summed E-state index contributed by atoms with van der Waals surface area (Å²) in [6.45, 7) is 5.01. The van der Waals surface area contributed by atoms with Crippen LogP contribution in [-0.2, 0) is 26.2 Å². The maximum atomic E-state index is 13.3. The van der Waals surface area contributed by atoms with Gasteiger partial charge in [-0.3, -0.25) is 14.4 Å². The molecule has 0 spiro atoms. The van der Waals surface area contributed by atoms with E-state index >= 15 is 0 Å². The first kappa shape index (κ1) is 25.4. The van der Waals surface area contributed by atoms with Crippen molar-refractivity contribution in [3.63, 3.8) is 0 Å². The first-order chi connectivity index (χ1) is 16.1. The van der Waals surface area contributed by atoms with Crippen molar-refractivity contribution in [2.45, 2.75) is 57.1 Å². The molecule has 0 bridgehead atoms. The van der Waals surface area contributed by atoms with Crippen LogP contribution in [0.25, 0.3) is 0 Å². The SMILES string of the molecule is CCC(C)NC(=O)C(C)N(Cc1ccc(F)cc1)C(=O)CCN1C(=O)c2ccccc2S1(=O)=O. The first-order valence-corrected chi connectivity index (χ1v) is 12.5. The van der Waals surface area contributed by atoms with Crippen molar-refractivity contribution >= 4 is 27.7 Å². The third kappa shape index (κ3) is 5.27. The molecule has 2 aromatic carbocycles. The quantitative estimate of drug-likeness (QED) is 0.583. The van der Waals surface area contributed by atoms with Crippen LogP contribution in [0.5, 0.6) is 0 Å². The molecule has 182 valence electrons. The fraction of sp³-hybridized carbons (Fsp3) is 0.375. The van der Waals surface area contributed by atoms with Crippen molar-refractivity contribution in [1.29, 1.82) is 0 Å². The molecule has 1 N–H and O–H groups in total. The van der Waals surface area contributed by atoms with E-state index in [0.29, 0.717) is 16.3 Å². The molecular weight excluding hydrogens is 461 g/mol. The molecule has 34 heavy (non-hydrogen) atoms. The van der Waals surface area contributed by atoms with Crippen molar-refractivity contribution in [2.24, 2.45) is 0 Å². The number of hydrogen-bond acceptors (Lipinski definition) is 5. The van der Waals surface area contributed by atoms with Gasteiger partial charge in [-0.15, -0.1) is 0 Å². The Kier molecular flexibility index (Phi) is 7.71. The predicted molar refractivity (Wildman–Crippen MR) is 124 cm³/mol. The van der Waals surface area contributed by atoms with Crippen molar-refractivity contribution in [3.05, 3.63) is 65.5 Å². The van der Waals surface area contributed by atoms with E-state index in [9.17, 15) is 27.2 Å². The molecule has 0 aromatic heterocycles. The summed E-state index contributed by atoms with van der Waals surface area (Å²) >= 11 is 0. The van der Waals surface area contributed by atoms with Gasteiger partial charge in [0.05, 0.1) is 5.56 Å². The molecule has 2 aromatic rings. The summed E-state index contributed by atoms with van der Waals surface area (Å²) in [5, 5.41) is 2.84. The highest BCUT2D eigenvalue weighted by Gasteiger charge is 2.41. The summed E-state index contributed by atoms with van der Waals surface area (Å²) < 4.78 is 39.6. The highest BCUT2D eigenvalue weighted by atomic mass is 32.2. The predicted octanol–water partition coefficient (Wildman–Crippen LogP) is 2.69.